The minimum atomic E-state index is -0.740. The molecule has 2 aliphatic rings. The number of aromatic nitrogens is 2. The molecular weight excluding hydrogens is 439 g/mol. The number of aliphatic hydroxyl groups is 1. The molecule has 0 radical (unpaired) electrons. The molecule has 2 aromatic rings. The van der Waals surface area contributed by atoms with Gasteiger partial charge in [0.15, 0.2) is 0 Å². The number of anilines is 2. The molecule has 166 valence electrons. The molecule has 4 rings (SSSR count). The maximum absolute atomic E-state index is 12.3. The number of amides is 1. The van der Waals surface area contributed by atoms with E-state index in [1.807, 2.05) is 4.90 Å². The molecule has 10 heteroatoms. The molecule has 1 aromatic heterocycles. The molecule has 7 N–H and O–H groups in total. The first-order valence-electron chi connectivity index (χ1n) is 10.2. The summed E-state index contributed by atoms with van der Waals surface area (Å²) in [5.74, 6) is -0.0757. The fraction of sp³-hybridized carbons (Fsp3) is 0.476. The van der Waals surface area contributed by atoms with Crippen molar-refractivity contribution >= 4 is 40.9 Å². The lowest BCUT2D eigenvalue weighted by molar-refractivity contribution is 0.0733. The van der Waals surface area contributed by atoms with Gasteiger partial charge in [0.25, 0.3) is 5.91 Å². The van der Waals surface area contributed by atoms with E-state index in [1.165, 1.54) is 0 Å². The van der Waals surface area contributed by atoms with Crippen LogP contribution in [-0.2, 0) is 0 Å². The number of aliphatic hydroxyl groups excluding tert-OH is 1. The molecule has 1 saturated carbocycles. The van der Waals surface area contributed by atoms with Crippen LogP contribution >= 0.6 is 23.2 Å². The highest BCUT2D eigenvalue weighted by molar-refractivity contribution is 6.44. The average molecular weight is 465 g/mol. The lowest BCUT2D eigenvalue weighted by atomic mass is 9.66. The molecule has 8 nitrogen and oxygen atoms in total. The normalized spacial score (nSPS) is 27.7. The number of carbonyl (C=O) groups is 1. The van der Waals surface area contributed by atoms with E-state index in [4.69, 9.17) is 40.4 Å². The van der Waals surface area contributed by atoms with Crippen molar-refractivity contribution < 1.29 is 9.90 Å². The molecule has 1 aromatic carbocycles. The predicted octanol–water partition coefficient (Wildman–Crippen LogP) is 2.44. The van der Waals surface area contributed by atoms with Gasteiger partial charge in [0, 0.05) is 29.6 Å². The zero-order valence-electron chi connectivity index (χ0n) is 17.3. The third kappa shape index (κ3) is 3.51. The van der Waals surface area contributed by atoms with Gasteiger partial charge in [0.05, 0.1) is 21.7 Å². The number of nitrogens with zero attached hydrogens (tertiary/aromatic N) is 3. The maximum Gasteiger partial charge on any atom is 0.268 e. The van der Waals surface area contributed by atoms with Gasteiger partial charge < -0.3 is 27.2 Å². The monoisotopic (exact) mass is 464 g/mol. The van der Waals surface area contributed by atoms with Crippen molar-refractivity contribution in [1.29, 1.82) is 0 Å². The Labute approximate surface area is 190 Å². The summed E-state index contributed by atoms with van der Waals surface area (Å²) in [7, 11) is 0. The van der Waals surface area contributed by atoms with Gasteiger partial charge in [-0.05, 0) is 24.8 Å². The van der Waals surface area contributed by atoms with Crippen LogP contribution < -0.4 is 22.1 Å². The number of carbonyl (C=O) groups excluding carboxylic acids is 1. The van der Waals surface area contributed by atoms with Crippen molar-refractivity contribution in [3.8, 4) is 11.1 Å². The third-order valence-electron chi connectivity index (χ3n) is 6.47. The van der Waals surface area contributed by atoms with E-state index >= 15 is 0 Å². The Hall–Kier alpha value is -2.13. The van der Waals surface area contributed by atoms with Crippen molar-refractivity contribution in [3.63, 3.8) is 0 Å². The molecule has 4 unspecified atom stereocenters. The lowest BCUT2D eigenvalue weighted by Crippen LogP contribution is -2.67. The summed E-state index contributed by atoms with van der Waals surface area (Å²) >= 11 is 12.5. The fourth-order valence-electron chi connectivity index (χ4n) is 5.37. The zero-order chi connectivity index (χ0) is 22.7. The first kappa shape index (κ1) is 22.1. The van der Waals surface area contributed by atoms with Gasteiger partial charge in [-0.1, -0.05) is 49.2 Å². The number of hydrogen-bond acceptors (Lipinski definition) is 7. The summed E-state index contributed by atoms with van der Waals surface area (Å²) in [5, 5.41) is 10.8. The topological polar surface area (TPSA) is 144 Å². The summed E-state index contributed by atoms with van der Waals surface area (Å²) in [6, 6.07) is 4.83. The number of rotatable bonds is 4. The van der Waals surface area contributed by atoms with E-state index in [9.17, 15) is 9.90 Å². The van der Waals surface area contributed by atoms with Crippen LogP contribution in [0.5, 0.6) is 0 Å². The molecule has 1 aliphatic heterocycles. The highest BCUT2D eigenvalue weighted by Gasteiger charge is 2.59. The molecule has 2 heterocycles. The number of hydrogen-bond donors (Lipinski definition) is 4. The van der Waals surface area contributed by atoms with E-state index in [0.29, 0.717) is 29.5 Å². The molecule has 1 spiro atoms. The van der Waals surface area contributed by atoms with Gasteiger partial charge in [-0.3, -0.25) is 4.79 Å². The molecular formula is C21H26Cl2N6O2. The fourth-order valence-corrected chi connectivity index (χ4v) is 5.77. The van der Waals surface area contributed by atoms with E-state index in [-0.39, 0.29) is 45.5 Å². The van der Waals surface area contributed by atoms with Crippen LogP contribution in [0, 0.1) is 11.3 Å². The second-order valence-electron chi connectivity index (χ2n) is 8.92. The van der Waals surface area contributed by atoms with Crippen LogP contribution in [-0.4, -0.2) is 45.7 Å². The smallest absolute Gasteiger partial charge is 0.268 e. The Kier molecular flexibility index (Phi) is 5.54. The second kappa shape index (κ2) is 7.78. The Morgan fingerprint density at radius 2 is 2.00 bits per heavy atom. The van der Waals surface area contributed by atoms with Gasteiger partial charge in [-0.2, -0.15) is 4.98 Å². The Bertz CT molecular complexity index is 1040. The zero-order valence-corrected chi connectivity index (χ0v) is 18.9. The van der Waals surface area contributed by atoms with Crippen LogP contribution in [0.15, 0.2) is 18.2 Å². The lowest BCUT2D eigenvalue weighted by Gasteiger charge is -2.58. The minimum absolute atomic E-state index is 0.0155. The van der Waals surface area contributed by atoms with Crippen LogP contribution in [0.2, 0.25) is 10.0 Å². The largest absolute Gasteiger partial charge is 0.391 e. The van der Waals surface area contributed by atoms with Crippen molar-refractivity contribution in [2.75, 3.05) is 17.2 Å². The number of primary amides is 1. The van der Waals surface area contributed by atoms with Crippen LogP contribution in [0.3, 0.4) is 0 Å². The molecule has 1 aliphatic carbocycles. The van der Waals surface area contributed by atoms with E-state index in [2.05, 4.69) is 23.8 Å². The average Bonchev–Trinajstić information content (AvgIpc) is 2.97. The predicted molar refractivity (Wildman–Crippen MR) is 122 cm³/mol. The van der Waals surface area contributed by atoms with Gasteiger partial charge in [0.1, 0.15) is 11.5 Å². The number of halogens is 2. The van der Waals surface area contributed by atoms with E-state index < -0.39 is 12.0 Å². The molecule has 31 heavy (non-hydrogen) atoms. The first-order valence-corrected chi connectivity index (χ1v) is 10.9. The maximum atomic E-state index is 12.3. The standard InChI is InChI=1S/C21H26Cl2N6O2/c1-9(2)17-21(6-12(24)13(30)7-21)8-29(17)20-27-16(19(26)31)14(18(25)28-20)10-4-3-5-11(22)15(10)23/h3-5,9,12-13,17,30H,6-8,24H2,1-2H3,(H2,26,31)(H2,25,27,28). The molecule has 0 bridgehead atoms. The number of nitrogen functional groups attached to an aromatic ring is 1. The van der Waals surface area contributed by atoms with Gasteiger partial charge in [-0.25, -0.2) is 4.98 Å². The molecule has 1 amide bonds. The molecule has 1 saturated heterocycles. The van der Waals surface area contributed by atoms with Gasteiger partial charge in [0.2, 0.25) is 5.95 Å². The van der Waals surface area contributed by atoms with E-state index in [0.717, 1.165) is 6.42 Å². The Balaban J connectivity index is 1.78. The van der Waals surface area contributed by atoms with Crippen LogP contribution in [0.1, 0.15) is 37.2 Å². The summed E-state index contributed by atoms with van der Waals surface area (Å²) in [6.07, 6.45) is 0.826. The summed E-state index contributed by atoms with van der Waals surface area (Å²) < 4.78 is 0. The van der Waals surface area contributed by atoms with Gasteiger partial charge >= 0.3 is 0 Å². The summed E-state index contributed by atoms with van der Waals surface area (Å²) in [5.41, 5.74) is 18.6. The van der Waals surface area contributed by atoms with Gasteiger partial charge in [-0.15, -0.1) is 0 Å². The van der Waals surface area contributed by atoms with Crippen LogP contribution in [0.25, 0.3) is 11.1 Å². The highest BCUT2D eigenvalue weighted by atomic mass is 35.5. The number of benzene rings is 1. The van der Waals surface area contributed by atoms with Crippen molar-refractivity contribution in [2.24, 2.45) is 22.8 Å². The Morgan fingerprint density at radius 1 is 1.29 bits per heavy atom. The molecule has 4 atom stereocenters. The van der Waals surface area contributed by atoms with Crippen molar-refractivity contribution in [3.05, 3.63) is 33.9 Å². The van der Waals surface area contributed by atoms with Crippen LogP contribution in [0.4, 0.5) is 11.8 Å². The minimum Gasteiger partial charge on any atom is -0.391 e. The van der Waals surface area contributed by atoms with Crippen molar-refractivity contribution in [1.82, 2.24) is 9.97 Å². The highest BCUT2D eigenvalue weighted by Crippen LogP contribution is 2.53. The quantitative estimate of drug-likeness (QED) is 0.543. The summed E-state index contributed by atoms with van der Waals surface area (Å²) in [4.78, 5) is 23.3. The first-order chi connectivity index (χ1) is 14.6. The molecule has 2 fully saturated rings. The SMILES string of the molecule is CC(C)C1N(c2nc(N)c(-c3cccc(Cl)c3Cl)c(C(N)=O)n2)CC12CC(N)C(O)C2. The van der Waals surface area contributed by atoms with E-state index in [1.54, 1.807) is 18.2 Å². The second-order valence-corrected chi connectivity index (χ2v) is 9.70. The van der Waals surface area contributed by atoms with Crippen molar-refractivity contribution in [2.45, 2.75) is 44.9 Å². The third-order valence-corrected chi connectivity index (χ3v) is 7.29. The summed E-state index contributed by atoms with van der Waals surface area (Å²) in [6.45, 7) is 4.83. The number of nitrogens with two attached hydrogens (primary N) is 3. The Morgan fingerprint density at radius 3 is 2.58 bits per heavy atom.